The van der Waals surface area contributed by atoms with Gasteiger partial charge in [0.25, 0.3) is 5.91 Å². The lowest BCUT2D eigenvalue weighted by atomic mass is 9.86. The molecular weight excluding hydrogens is 387 g/mol. The van der Waals surface area contributed by atoms with Crippen LogP contribution in [0.4, 0.5) is 23.7 Å². The largest absolute Gasteiger partial charge is 0.417 e. The molecule has 29 heavy (non-hydrogen) atoms. The number of nitrogens with zero attached hydrogens (tertiary/aromatic N) is 3. The molecule has 0 saturated carbocycles. The zero-order valence-corrected chi connectivity index (χ0v) is 15.8. The third kappa shape index (κ3) is 3.29. The number of alkyl halides is 3. The normalized spacial score (nSPS) is 22.1. The van der Waals surface area contributed by atoms with Gasteiger partial charge in [-0.1, -0.05) is 18.2 Å². The number of nitriles is 1. The molecule has 0 radical (unpaired) electrons. The number of hydrogen-bond acceptors (Lipinski definition) is 4. The number of rotatable bonds is 4. The highest BCUT2D eigenvalue weighted by atomic mass is 19.4. The van der Waals surface area contributed by atoms with Crippen molar-refractivity contribution in [2.24, 2.45) is 0 Å². The van der Waals surface area contributed by atoms with Crippen LogP contribution in [-0.2, 0) is 15.7 Å². The van der Waals surface area contributed by atoms with Crippen LogP contribution < -0.4 is 4.90 Å². The summed E-state index contributed by atoms with van der Waals surface area (Å²) in [5.41, 5.74) is -2.89. The molecule has 1 atom stereocenters. The van der Waals surface area contributed by atoms with Crippen molar-refractivity contribution in [1.82, 2.24) is 4.90 Å². The van der Waals surface area contributed by atoms with Gasteiger partial charge in [-0.15, -0.1) is 0 Å². The van der Waals surface area contributed by atoms with Crippen molar-refractivity contribution in [1.29, 1.82) is 5.26 Å². The SMILES string of the molecule is COCN1C(=O)N(c2ccc(C#N)c(C(F)(F)F)c2)C(=O)C1(C)C1=CCCC=C1. The van der Waals surface area contributed by atoms with E-state index in [1.54, 1.807) is 13.0 Å². The Morgan fingerprint density at radius 3 is 2.55 bits per heavy atom. The summed E-state index contributed by atoms with van der Waals surface area (Å²) < 4.78 is 45.1. The summed E-state index contributed by atoms with van der Waals surface area (Å²) in [4.78, 5) is 28.2. The van der Waals surface area contributed by atoms with Crippen molar-refractivity contribution in [3.8, 4) is 6.07 Å². The molecule has 152 valence electrons. The van der Waals surface area contributed by atoms with Crippen molar-refractivity contribution >= 4 is 17.6 Å². The molecular formula is C20H18F3N3O3. The van der Waals surface area contributed by atoms with Crippen LogP contribution in [0.25, 0.3) is 0 Å². The quantitative estimate of drug-likeness (QED) is 0.710. The smallest absolute Gasteiger partial charge is 0.364 e. The molecule has 1 aliphatic heterocycles. The number of carbonyl (C=O) groups is 2. The number of ether oxygens (including phenoxy) is 1. The summed E-state index contributed by atoms with van der Waals surface area (Å²) in [6.45, 7) is 1.33. The molecule has 0 bridgehead atoms. The number of allylic oxidation sites excluding steroid dienone is 2. The van der Waals surface area contributed by atoms with Gasteiger partial charge >= 0.3 is 12.2 Å². The second-order valence-corrected chi connectivity index (χ2v) is 6.82. The molecule has 9 heteroatoms. The third-order valence-corrected chi connectivity index (χ3v) is 5.08. The number of imide groups is 1. The second-order valence-electron chi connectivity index (χ2n) is 6.82. The van der Waals surface area contributed by atoms with Gasteiger partial charge in [0.15, 0.2) is 0 Å². The first-order valence-electron chi connectivity index (χ1n) is 8.80. The fourth-order valence-electron chi connectivity index (χ4n) is 3.53. The standard InChI is InChI=1S/C20H18F3N3O3/c1-19(14-6-4-3-5-7-14)17(27)26(18(28)25(19)12-29-2)15-9-8-13(11-24)16(10-15)20(21,22)23/h4,6-10H,3,5,12H2,1-2H3. The van der Waals surface area contributed by atoms with Crippen LogP contribution in [-0.4, -0.2) is 36.2 Å². The monoisotopic (exact) mass is 405 g/mol. The van der Waals surface area contributed by atoms with Crippen LogP contribution in [0.1, 0.15) is 30.9 Å². The van der Waals surface area contributed by atoms with Crippen molar-refractivity contribution in [2.75, 3.05) is 18.7 Å². The average molecular weight is 405 g/mol. The molecule has 3 rings (SSSR count). The van der Waals surface area contributed by atoms with Crippen molar-refractivity contribution in [2.45, 2.75) is 31.5 Å². The summed E-state index contributed by atoms with van der Waals surface area (Å²) in [6.07, 6.45) is 2.10. The van der Waals surface area contributed by atoms with Gasteiger partial charge in [0.1, 0.15) is 12.3 Å². The van der Waals surface area contributed by atoms with Gasteiger partial charge in [0.2, 0.25) is 0 Å². The van der Waals surface area contributed by atoms with Crippen molar-refractivity contribution in [3.05, 3.63) is 53.1 Å². The number of anilines is 1. The molecule has 1 aliphatic carbocycles. The maximum Gasteiger partial charge on any atom is 0.417 e. The van der Waals surface area contributed by atoms with E-state index >= 15 is 0 Å². The summed E-state index contributed by atoms with van der Waals surface area (Å²) in [6, 6.07) is 3.45. The summed E-state index contributed by atoms with van der Waals surface area (Å²) in [5.74, 6) is -0.685. The number of amides is 3. The molecule has 3 amide bonds. The van der Waals surface area contributed by atoms with Crippen molar-refractivity contribution in [3.63, 3.8) is 0 Å². The van der Waals surface area contributed by atoms with Crippen molar-refractivity contribution < 1.29 is 27.5 Å². The Morgan fingerprint density at radius 2 is 2.00 bits per heavy atom. The minimum Gasteiger partial charge on any atom is -0.364 e. The first kappa shape index (κ1) is 20.6. The van der Waals surface area contributed by atoms with Gasteiger partial charge in [-0.25, -0.2) is 9.69 Å². The number of carbonyl (C=O) groups excluding carboxylic acids is 2. The molecule has 1 aromatic rings. The average Bonchev–Trinajstić information content (AvgIpc) is 2.89. The fraction of sp³-hybridized carbons (Fsp3) is 0.350. The van der Waals surface area contributed by atoms with E-state index in [1.807, 2.05) is 12.2 Å². The Kier molecular flexibility index (Phi) is 5.24. The van der Waals surface area contributed by atoms with Crippen LogP contribution in [0.15, 0.2) is 42.0 Å². The van der Waals surface area contributed by atoms with Crippen LogP contribution >= 0.6 is 0 Å². The van der Waals surface area contributed by atoms with E-state index in [0.717, 1.165) is 18.6 Å². The maximum absolute atomic E-state index is 13.3. The highest BCUT2D eigenvalue weighted by Crippen LogP contribution is 2.41. The molecule has 1 unspecified atom stereocenters. The lowest BCUT2D eigenvalue weighted by Gasteiger charge is -2.33. The lowest BCUT2D eigenvalue weighted by molar-refractivity contribution is -0.137. The van der Waals surface area contributed by atoms with E-state index in [0.29, 0.717) is 23.0 Å². The Balaban J connectivity index is 2.13. The van der Waals surface area contributed by atoms with Crippen LogP contribution in [0, 0.1) is 11.3 Å². The molecule has 6 nitrogen and oxygen atoms in total. The zero-order chi connectivity index (χ0) is 21.4. The fourth-order valence-corrected chi connectivity index (χ4v) is 3.53. The van der Waals surface area contributed by atoms with Gasteiger partial charge in [-0.05, 0) is 43.5 Å². The van der Waals surface area contributed by atoms with E-state index in [2.05, 4.69) is 0 Å². The number of urea groups is 1. The Hall–Kier alpha value is -3.12. The zero-order valence-electron chi connectivity index (χ0n) is 15.8. The molecule has 1 fully saturated rings. The van der Waals surface area contributed by atoms with Crippen LogP contribution in [0.2, 0.25) is 0 Å². The van der Waals surface area contributed by atoms with Gasteiger partial charge in [-0.2, -0.15) is 18.4 Å². The van der Waals surface area contributed by atoms with E-state index in [-0.39, 0.29) is 12.4 Å². The predicted octanol–water partition coefficient (Wildman–Crippen LogP) is 3.98. The number of methoxy groups -OCH3 is 1. The van der Waals surface area contributed by atoms with E-state index in [4.69, 9.17) is 10.00 Å². The Labute approximate surface area is 165 Å². The molecule has 1 saturated heterocycles. The van der Waals surface area contributed by atoms with E-state index in [1.165, 1.54) is 18.1 Å². The minimum absolute atomic E-state index is 0.217. The highest BCUT2D eigenvalue weighted by Gasteiger charge is 2.56. The van der Waals surface area contributed by atoms with E-state index < -0.39 is 34.8 Å². The highest BCUT2D eigenvalue weighted by molar-refractivity contribution is 6.24. The first-order chi connectivity index (χ1) is 13.7. The third-order valence-electron chi connectivity index (χ3n) is 5.08. The first-order valence-corrected chi connectivity index (χ1v) is 8.80. The molecule has 1 aromatic carbocycles. The van der Waals surface area contributed by atoms with Crippen LogP contribution in [0.5, 0.6) is 0 Å². The van der Waals surface area contributed by atoms with Gasteiger partial charge in [0.05, 0.1) is 22.9 Å². The molecule has 1 heterocycles. The molecule has 0 spiro atoms. The Morgan fingerprint density at radius 1 is 1.28 bits per heavy atom. The van der Waals surface area contributed by atoms with Gasteiger partial charge in [0, 0.05) is 7.11 Å². The number of hydrogen-bond donors (Lipinski definition) is 0. The second kappa shape index (κ2) is 7.37. The van der Waals surface area contributed by atoms with E-state index in [9.17, 15) is 22.8 Å². The van der Waals surface area contributed by atoms with Gasteiger partial charge in [-0.3, -0.25) is 9.69 Å². The maximum atomic E-state index is 13.3. The molecule has 0 aromatic heterocycles. The van der Waals surface area contributed by atoms with Crippen LogP contribution in [0.3, 0.4) is 0 Å². The lowest BCUT2D eigenvalue weighted by Crippen LogP contribution is -2.49. The van der Waals surface area contributed by atoms with Gasteiger partial charge < -0.3 is 4.74 Å². The summed E-state index contributed by atoms with van der Waals surface area (Å²) >= 11 is 0. The topological polar surface area (TPSA) is 73.6 Å². The summed E-state index contributed by atoms with van der Waals surface area (Å²) in [7, 11) is 1.36. The minimum atomic E-state index is -4.81. The molecule has 0 N–H and O–H groups in total. The molecule has 2 aliphatic rings. The predicted molar refractivity (Wildman–Crippen MR) is 97.6 cm³/mol. The Bertz CT molecular complexity index is 962. The number of benzene rings is 1. The number of halogens is 3. The summed E-state index contributed by atoms with van der Waals surface area (Å²) in [5, 5.41) is 8.97.